The van der Waals surface area contributed by atoms with Gasteiger partial charge in [0.2, 0.25) is 0 Å². The van der Waals surface area contributed by atoms with E-state index in [0.717, 1.165) is 55.0 Å². The van der Waals surface area contributed by atoms with Crippen LogP contribution < -0.4 is 10.2 Å². The van der Waals surface area contributed by atoms with Crippen LogP contribution >= 0.6 is 0 Å². The predicted molar refractivity (Wildman–Crippen MR) is 127 cm³/mol. The molecule has 2 aromatic carbocycles. The van der Waals surface area contributed by atoms with Gasteiger partial charge in [-0.3, -0.25) is 0 Å². The first-order chi connectivity index (χ1) is 15.8. The van der Waals surface area contributed by atoms with Gasteiger partial charge in [0.25, 0.3) is 0 Å². The summed E-state index contributed by atoms with van der Waals surface area (Å²) in [7, 11) is 0. The number of aromatic nitrogens is 4. The van der Waals surface area contributed by atoms with E-state index in [1.165, 1.54) is 11.1 Å². The lowest BCUT2D eigenvalue weighted by molar-refractivity contribution is 0.239. The molecule has 0 spiro atoms. The molecule has 1 aliphatic heterocycles. The summed E-state index contributed by atoms with van der Waals surface area (Å²) in [6.07, 6.45) is 6.79. The molecule has 7 heteroatoms. The Morgan fingerprint density at radius 2 is 1.81 bits per heavy atom. The molecule has 164 valence electrons. The van der Waals surface area contributed by atoms with E-state index in [-0.39, 0.29) is 12.6 Å². The number of aliphatic hydroxyl groups excluding tert-OH is 1. The quantitative estimate of drug-likeness (QED) is 0.466. The summed E-state index contributed by atoms with van der Waals surface area (Å²) < 4.78 is 2.17. The Kier molecular flexibility index (Phi) is 5.98. The standard InChI is InChI=1S/C25H28N6O/c32-16-21-5-3-4-12-31(21)25-13-24(27-17-28-25)26-14-19-8-10-20(11-9-19)15-30-18-29-22-6-1-2-7-23(22)30/h1-2,6-11,13,17-18,21,32H,3-5,12,14-16H2,(H,26,27,28). The molecule has 2 N–H and O–H groups in total. The molecule has 1 atom stereocenters. The summed E-state index contributed by atoms with van der Waals surface area (Å²) in [5, 5.41) is 13.1. The molecule has 3 heterocycles. The van der Waals surface area contributed by atoms with E-state index in [0.29, 0.717) is 6.54 Å². The number of imidazole rings is 1. The van der Waals surface area contributed by atoms with Crippen LogP contribution in [0.3, 0.4) is 0 Å². The highest BCUT2D eigenvalue weighted by atomic mass is 16.3. The summed E-state index contributed by atoms with van der Waals surface area (Å²) in [5.41, 5.74) is 4.60. The third-order valence-electron chi connectivity index (χ3n) is 6.16. The van der Waals surface area contributed by atoms with E-state index in [2.05, 4.69) is 60.1 Å². The maximum Gasteiger partial charge on any atom is 0.134 e. The van der Waals surface area contributed by atoms with Crippen LogP contribution in [0.2, 0.25) is 0 Å². The zero-order valence-corrected chi connectivity index (χ0v) is 18.1. The molecule has 32 heavy (non-hydrogen) atoms. The highest BCUT2D eigenvalue weighted by Crippen LogP contribution is 2.24. The van der Waals surface area contributed by atoms with E-state index < -0.39 is 0 Å². The second kappa shape index (κ2) is 9.36. The topological polar surface area (TPSA) is 79.1 Å². The Morgan fingerprint density at radius 1 is 0.969 bits per heavy atom. The Balaban J connectivity index is 1.22. The third-order valence-corrected chi connectivity index (χ3v) is 6.16. The Hall–Kier alpha value is -3.45. The zero-order chi connectivity index (χ0) is 21.8. The maximum atomic E-state index is 9.69. The molecule has 1 saturated heterocycles. The number of nitrogens with zero attached hydrogens (tertiary/aromatic N) is 5. The van der Waals surface area contributed by atoms with Gasteiger partial charge in [0, 0.05) is 25.7 Å². The first kappa shape index (κ1) is 20.5. The molecule has 2 aromatic heterocycles. The molecular formula is C25H28N6O. The normalized spacial score (nSPS) is 16.4. The van der Waals surface area contributed by atoms with Gasteiger partial charge in [0.15, 0.2) is 0 Å². The van der Waals surface area contributed by atoms with Gasteiger partial charge in [-0.1, -0.05) is 36.4 Å². The van der Waals surface area contributed by atoms with Crippen LogP contribution in [-0.4, -0.2) is 43.8 Å². The number of benzene rings is 2. The lowest BCUT2D eigenvalue weighted by atomic mass is 10.0. The van der Waals surface area contributed by atoms with Crippen molar-refractivity contribution in [1.82, 2.24) is 19.5 Å². The van der Waals surface area contributed by atoms with Gasteiger partial charge < -0.3 is 19.9 Å². The van der Waals surface area contributed by atoms with Crippen molar-refractivity contribution in [1.29, 1.82) is 0 Å². The smallest absolute Gasteiger partial charge is 0.134 e. The summed E-state index contributed by atoms with van der Waals surface area (Å²) in [6.45, 7) is 2.57. The lowest BCUT2D eigenvalue weighted by Crippen LogP contribution is -2.42. The van der Waals surface area contributed by atoms with E-state index in [1.54, 1.807) is 6.33 Å². The fourth-order valence-corrected chi connectivity index (χ4v) is 4.38. The number of anilines is 2. The van der Waals surface area contributed by atoms with E-state index in [1.807, 2.05) is 30.6 Å². The largest absolute Gasteiger partial charge is 0.394 e. The number of nitrogens with one attached hydrogen (secondary N) is 1. The van der Waals surface area contributed by atoms with Gasteiger partial charge in [-0.15, -0.1) is 0 Å². The maximum absolute atomic E-state index is 9.69. The number of aliphatic hydroxyl groups is 1. The van der Waals surface area contributed by atoms with Gasteiger partial charge in [-0.2, -0.15) is 0 Å². The average Bonchev–Trinajstić information content (AvgIpc) is 3.26. The summed E-state index contributed by atoms with van der Waals surface area (Å²) in [5.74, 6) is 1.68. The molecule has 0 amide bonds. The van der Waals surface area contributed by atoms with Gasteiger partial charge in [-0.05, 0) is 42.5 Å². The van der Waals surface area contributed by atoms with Crippen molar-refractivity contribution in [3.63, 3.8) is 0 Å². The molecule has 1 fully saturated rings. The highest BCUT2D eigenvalue weighted by Gasteiger charge is 2.23. The van der Waals surface area contributed by atoms with Crippen LogP contribution in [0.1, 0.15) is 30.4 Å². The van der Waals surface area contributed by atoms with Gasteiger partial charge >= 0.3 is 0 Å². The van der Waals surface area contributed by atoms with Crippen molar-refractivity contribution in [2.24, 2.45) is 0 Å². The summed E-state index contributed by atoms with van der Waals surface area (Å²) in [4.78, 5) is 15.5. The van der Waals surface area contributed by atoms with E-state index >= 15 is 0 Å². The lowest BCUT2D eigenvalue weighted by Gasteiger charge is -2.35. The van der Waals surface area contributed by atoms with Crippen LogP contribution in [0.15, 0.2) is 67.3 Å². The number of fused-ring (bicyclic) bond motifs is 1. The number of hydrogen-bond acceptors (Lipinski definition) is 6. The second-order valence-electron chi connectivity index (χ2n) is 8.32. The van der Waals surface area contributed by atoms with Crippen molar-refractivity contribution in [2.45, 2.75) is 38.4 Å². The zero-order valence-electron chi connectivity index (χ0n) is 18.1. The molecule has 0 radical (unpaired) electrons. The molecule has 4 aromatic rings. The van der Waals surface area contributed by atoms with Crippen molar-refractivity contribution in [2.75, 3.05) is 23.4 Å². The molecule has 5 rings (SSSR count). The van der Waals surface area contributed by atoms with E-state index in [4.69, 9.17) is 0 Å². The first-order valence-corrected chi connectivity index (χ1v) is 11.2. The van der Waals surface area contributed by atoms with Crippen LogP contribution in [0.25, 0.3) is 11.0 Å². The minimum Gasteiger partial charge on any atom is -0.394 e. The number of piperidine rings is 1. The fourth-order valence-electron chi connectivity index (χ4n) is 4.38. The van der Waals surface area contributed by atoms with Crippen LogP contribution in [0.4, 0.5) is 11.6 Å². The Morgan fingerprint density at radius 3 is 2.69 bits per heavy atom. The molecule has 7 nitrogen and oxygen atoms in total. The van der Waals surface area contributed by atoms with Crippen LogP contribution in [0.5, 0.6) is 0 Å². The fraction of sp³-hybridized carbons (Fsp3) is 0.320. The van der Waals surface area contributed by atoms with Crippen molar-refractivity contribution >= 4 is 22.7 Å². The average molecular weight is 429 g/mol. The van der Waals surface area contributed by atoms with E-state index in [9.17, 15) is 5.11 Å². The summed E-state index contributed by atoms with van der Waals surface area (Å²) in [6, 6.07) is 18.9. The Bertz CT molecular complexity index is 1170. The van der Waals surface area contributed by atoms with Crippen molar-refractivity contribution in [3.8, 4) is 0 Å². The molecular weight excluding hydrogens is 400 g/mol. The predicted octanol–water partition coefficient (Wildman–Crippen LogP) is 3.84. The van der Waals surface area contributed by atoms with Gasteiger partial charge in [0.05, 0.1) is 30.0 Å². The number of para-hydroxylation sites is 2. The number of hydrogen-bond donors (Lipinski definition) is 2. The highest BCUT2D eigenvalue weighted by molar-refractivity contribution is 5.75. The van der Waals surface area contributed by atoms with Crippen molar-refractivity contribution < 1.29 is 5.11 Å². The minimum absolute atomic E-state index is 0.145. The molecule has 1 aliphatic rings. The molecule has 0 bridgehead atoms. The SMILES string of the molecule is OCC1CCCCN1c1cc(NCc2ccc(Cn3cnc4ccccc43)cc2)ncn1. The monoisotopic (exact) mass is 428 g/mol. The first-order valence-electron chi connectivity index (χ1n) is 11.2. The molecule has 0 aliphatic carbocycles. The third kappa shape index (κ3) is 4.43. The summed E-state index contributed by atoms with van der Waals surface area (Å²) >= 11 is 0. The minimum atomic E-state index is 0.145. The molecule has 0 saturated carbocycles. The van der Waals surface area contributed by atoms with Gasteiger partial charge in [0.1, 0.15) is 18.0 Å². The van der Waals surface area contributed by atoms with Crippen LogP contribution in [-0.2, 0) is 13.1 Å². The Labute approximate surface area is 187 Å². The van der Waals surface area contributed by atoms with Gasteiger partial charge in [-0.25, -0.2) is 15.0 Å². The van der Waals surface area contributed by atoms with Crippen molar-refractivity contribution in [3.05, 3.63) is 78.4 Å². The number of rotatable bonds is 7. The molecule has 1 unspecified atom stereocenters. The second-order valence-corrected chi connectivity index (χ2v) is 8.32. The van der Waals surface area contributed by atoms with Crippen LogP contribution in [0, 0.1) is 0 Å².